The SMILES string of the molecule is COc1ccc(-c2csc3ncnc(N4CCCC(C(=O)O)C4)c23)cc1. The Morgan fingerprint density at radius 1 is 1.31 bits per heavy atom. The molecule has 26 heavy (non-hydrogen) atoms. The van der Waals surface area contributed by atoms with Crippen LogP contribution in [0.25, 0.3) is 21.3 Å². The van der Waals surface area contributed by atoms with Gasteiger partial charge in [-0.15, -0.1) is 11.3 Å². The Kier molecular flexibility index (Phi) is 4.46. The molecular weight excluding hydrogens is 350 g/mol. The van der Waals surface area contributed by atoms with Crippen LogP contribution in [-0.4, -0.2) is 41.2 Å². The summed E-state index contributed by atoms with van der Waals surface area (Å²) < 4.78 is 5.24. The summed E-state index contributed by atoms with van der Waals surface area (Å²) in [5.74, 6) is 0.552. The molecule has 1 aliphatic heterocycles. The predicted octanol–water partition coefficient (Wildman–Crippen LogP) is 3.67. The minimum atomic E-state index is -0.735. The molecule has 0 spiro atoms. The summed E-state index contributed by atoms with van der Waals surface area (Å²) in [6.07, 6.45) is 3.13. The van der Waals surface area contributed by atoms with Crippen LogP contribution in [0.2, 0.25) is 0 Å². The molecule has 1 unspecified atom stereocenters. The van der Waals surface area contributed by atoms with Gasteiger partial charge in [-0.2, -0.15) is 0 Å². The minimum Gasteiger partial charge on any atom is -0.497 e. The second-order valence-electron chi connectivity index (χ2n) is 6.38. The van der Waals surface area contributed by atoms with Crippen LogP contribution < -0.4 is 9.64 Å². The summed E-state index contributed by atoms with van der Waals surface area (Å²) in [5.41, 5.74) is 2.14. The average Bonchev–Trinajstić information content (AvgIpc) is 3.12. The maximum Gasteiger partial charge on any atom is 0.308 e. The van der Waals surface area contributed by atoms with E-state index in [4.69, 9.17) is 4.74 Å². The summed E-state index contributed by atoms with van der Waals surface area (Å²) in [6, 6.07) is 7.91. The number of methoxy groups -OCH3 is 1. The lowest BCUT2D eigenvalue weighted by Gasteiger charge is -2.32. The number of nitrogens with zero attached hydrogens (tertiary/aromatic N) is 3. The van der Waals surface area contributed by atoms with Gasteiger partial charge in [-0.05, 0) is 30.5 Å². The Balaban J connectivity index is 1.78. The predicted molar refractivity (Wildman–Crippen MR) is 102 cm³/mol. The summed E-state index contributed by atoms with van der Waals surface area (Å²) in [4.78, 5) is 23.4. The van der Waals surface area contributed by atoms with Gasteiger partial charge >= 0.3 is 5.97 Å². The van der Waals surface area contributed by atoms with Gasteiger partial charge in [-0.1, -0.05) is 12.1 Å². The maximum atomic E-state index is 11.4. The van der Waals surface area contributed by atoms with Gasteiger partial charge < -0.3 is 14.7 Å². The first-order valence-corrected chi connectivity index (χ1v) is 9.39. The molecule has 134 valence electrons. The van der Waals surface area contributed by atoms with Gasteiger partial charge in [0.25, 0.3) is 0 Å². The Bertz CT molecular complexity index is 939. The molecule has 1 aliphatic rings. The molecule has 0 radical (unpaired) electrons. The van der Waals surface area contributed by atoms with Gasteiger partial charge in [-0.3, -0.25) is 4.79 Å². The van der Waals surface area contributed by atoms with E-state index in [1.165, 1.54) is 0 Å². The molecule has 0 saturated carbocycles. The minimum absolute atomic E-state index is 0.350. The first-order chi connectivity index (χ1) is 12.7. The van der Waals surface area contributed by atoms with Crippen molar-refractivity contribution in [1.82, 2.24) is 9.97 Å². The number of thiophene rings is 1. The second kappa shape index (κ2) is 6.92. The van der Waals surface area contributed by atoms with Crippen molar-refractivity contribution in [3.05, 3.63) is 36.0 Å². The molecular formula is C19H19N3O3S. The van der Waals surface area contributed by atoms with Gasteiger partial charge in [0, 0.05) is 24.0 Å². The zero-order chi connectivity index (χ0) is 18.1. The first-order valence-electron chi connectivity index (χ1n) is 8.51. The molecule has 0 amide bonds. The summed E-state index contributed by atoms with van der Waals surface area (Å²) in [5, 5.41) is 12.5. The quantitative estimate of drug-likeness (QED) is 0.756. The maximum absolute atomic E-state index is 11.4. The summed E-state index contributed by atoms with van der Waals surface area (Å²) in [6.45, 7) is 1.30. The number of piperidine rings is 1. The molecule has 3 heterocycles. The fourth-order valence-electron chi connectivity index (χ4n) is 3.45. The number of anilines is 1. The highest BCUT2D eigenvalue weighted by Crippen LogP contribution is 2.39. The highest BCUT2D eigenvalue weighted by molar-refractivity contribution is 7.17. The topological polar surface area (TPSA) is 75.6 Å². The number of carboxylic acids is 1. The smallest absolute Gasteiger partial charge is 0.308 e. The molecule has 3 aromatic rings. The number of hydrogen-bond donors (Lipinski definition) is 1. The van der Waals surface area contributed by atoms with Crippen molar-refractivity contribution in [3.63, 3.8) is 0 Å². The summed E-state index contributed by atoms with van der Waals surface area (Å²) >= 11 is 1.58. The highest BCUT2D eigenvalue weighted by Gasteiger charge is 2.28. The van der Waals surface area contributed by atoms with Gasteiger partial charge in [-0.25, -0.2) is 9.97 Å². The number of hydrogen-bond acceptors (Lipinski definition) is 6. The van der Waals surface area contributed by atoms with Crippen molar-refractivity contribution < 1.29 is 14.6 Å². The third-order valence-electron chi connectivity index (χ3n) is 4.82. The van der Waals surface area contributed by atoms with E-state index in [2.05, 4.69) is 20.2 Å². The van der Waals surface area contributed by atoms with Gasteiger partial charge in [0.2, 0.25) is 0 Å². The van der Waals surface area contributed by atoms with Crippen molar-refractivity contribution in [2.24, 2.45) is 5.92 Å². The van der Waals surface area contributed by atoms with Crippen LogP contribution in [0.3, 0.4) is 0 Å². The fraction of sp³-hybridized carbons (Fsp3) is 0.316. The van der Waals surface area contributed by atoms with Gasteiger partial charge in [0.15, 0.2) is 0 Å². The zero-order valence-corrected chi connectivity index (χ0v) is 15.2. The van der Waals surface area contributed by atoms with Crippen molar-refractivity contribution in [2.45, 2.75) is 12.8 Å². The van der Waals surface area contributed by atoms with Crippen molar-refractivity contribution >= 4 is 33.3 Å². The molecule has 6 nitrogen and oxygen atoms in total. The fourth-order valence-corrected chi connectivity index (χ4v) is 4.36. The van der Waals surface area contributed by atoms with E-state index in [1.54, 1.807) is 24.8 Å². The Morgan fingerprint density at radius 3 is 2.85 bits per heavy atom. The number of carbonyl (C=O) groups is 1. The molecule has 1 aromatic carbocycles. The molecule has 0 bridgehead atoms. The Morgan fingerprint density at radius 2 is 2.12 bits per heavy atom. The number of aliphatic carboxylic acids is 1. The number of carboxylic acid groups (broad SMARTS) is 1. The van der Waals surface area contributed by atoms with Crippen molar-refractivity contribution in [3.8, 4) is 16.9 Å². The Labute approximate surface area is 155 Å². The molecule has 1 atom stereocenters. The van der Waals surface area contributed by atoms with E-state index < -0.39 is 5.97 Å². The number of fused-ring (bicyclic) bond motifs is 1. The van der Waals surface area contributed by atoms with Crippen LogP contribution in [0, 0.1) is 5.92 Å². The lowest BCUT2D eigenvalue weighted by molar-refractivity contribution is -0.141. The molecule has 1 fully saturated rings. The zero-order valence-electron chi connectivity index (χ0n) is 14.4. The van der Waals surface area contributed by atoms with Crippen molar-refractivity contribution in [1.29, 1.82) is 0 Å². The lowest BCUT2D eigenvalue weighted by atomic mass is 9.97. The normalized spacial score (nSPS) is 17.4. The van der Waals surface area contributed by atoms with Gasteiger partial charge in [0.1, 0.15) is 22.7 Å². The highest BCUT2D eigenvalue weighted by atomic mass is 32.1. The standard InChI is InChI=1S/C19H19N3O3S/c1-25-14-6-4-12(5-7-14)15-10-26-18-16(15)17(20-11-21-18)22-8-2-3-13(9-22)19(23)24/h4-7,10-11,13H,2-3,8-9H2,1H3,(H,23,24). The van der Waals surface area contributed by atoms with Crippen LogP contribution in [0.4, 0.5) is 5.82 Å². The van der Waals surface area contributed by atoms with E-state index >= 15 is 0 Å². The average molecular weight is 369 g/mol. The van der Waals surface area contributed by atoms with E-state index in [1.807, 2.05) is 24.3 Å². The van der Waals surface area contributed by atoms with Gasteiger partial charge in [0.05, 0.1) is 18.4 Å². The van der Waals surface area contributed by atoms with E-state index in [0.717, 1.165) is 52.3 Å². The largest absolute Gasteiger partial charge is 0.497 e. The number of aromatic nitrogens is 2. The first kappa shape index (κ1) is 16.8. The monoisotopic (exact) mass is 369 g/mol. The van der Waals surface area contributed by atoms with Crippen LogP contribution in [0.1, 0.15) is 12.8 Å². The molecule has 2 aromatic heterocycles. The number of ether oxygens (including phenoxy) is 1. The van der Waals surface area contributed by atoms with Crippen molar-refractivity contribution in [2.75, 3.05) is 25.1 Å². The third-order valence-corrected chi connectivity index (χ3v) is 5.71. The lowest BCUT2D eigenvalue weighted by Crippen LogP contribution is -2.39. The number of benzene rings is 1. The molecule has 4 rings (SSSR count). The van der Waals surface area contributed by atoms with Crippen LogP contribution >= 0.6 is 11.3 Å². The van der Waals surface area contributed by atoms with E-state index in [-0.39, 0.29) is 5.92 Å². The molecule has 7 heteroatoms. The summed E-state index contributed by atoms with van der Waals surface area (Å²) in [7, 11) is 1.65. The molecule has 0 aliphatic carbocycles. The molecule has 1 N–H and O–H groups in total. The van der Waals surface area contributed by atoms with Crippen LogP contribution in [0.15, 0.2) is 36.0 Å². The van der Waals surface area contributed by atoms with Crippen LogP contribution in [-0.2, 0) is 4.79 Å². The Hall–Kier alpha value is -2.67. The van der Waals surface area contributed by atoms with E-state index in [9.17, 15) is 9.90 Å². The second-order valence-corrected chi connectivity index (χ2v) is 7.24. The third kappa shape index (κ3) is 2.99. The van der Waals surface area contributed by atoms with Crippen LogP contribution in [0.5, 0.6) is 5.75 Å². The number of rotatable bonds is 4. The van der Waals surface area contributed by atoms with E-state index in [0.29, 0.717) is 6.54 Å². The molecule has 1 saturated heterocycles.